The monoisotopic (exact) mass is 462 g/mol. The van der Waals surface area contributed by atoms with Crippen LogP contribution in [0.15, 0.2) is 23.2 Å². The van der Waals surface area contributed by atoms with E-state index in [1.165, 1.54) is 45.0 Å². The first kappa shape index (κ1) is 22.2. The molecule has 2 rings (SSSR count). The molecule has 1 aromatic rings. The van der Waals surface area contributed by atoms with Crippen molar-refractivity contribution in [3.8, 4) is 0 Å². The van der Waals surface area contributed by atoms with Gasteiger partial charge in [0.1, 0.15) is 5.82 Å². The fourth-order valence-electron chi connectivity index (χ4n) is 3.19. The highest BCUT2D eigenvalue weighted by Gasteiger charge is 2.18. The minimum atomic E-state index is -0.157. The predicted molar refractivity (Wildman–Crippen MR) is 114 cm³/mol. The van der Waals surface area contributed by atoms with Gasteiger partial charge in [-0.2, -0.15) is 0 Å². The Bertz CT molecular complexity index is 542. The Morgan fingerprint density at radius 1 is 1.28 bits per heavy atom. The zero-order valence-electron chi connectivity index (χ0n) is 15.6. The highest BCUT2D eigenvalue weighted by atomic mass is 127. The van der Waals surface area contributed by atoms with Crippen LogP contribution in [0.25, 0.3) is 0 Å². The maximum absolute atomic E-state index is 13.3. The molecule has 6 heteroatoms. The number of halogens is 2. The third-order valence-corrected chi connectivity index (χ3v) is 4.71. The van der Waals surface area contributed by atoms with Crippen LogP contribution in [0.5, 0.6) is 0 Å². The number of aryl methyl sites for hydroxylation is 1. The first-order valence-corrected chi connectivity index (χ1v) is 9.04. The van der Waals surface area contributed by atoms with Crippen molar-refractivity contribution in [2.24, 2.45) is 10.9 Å². The Kier molecular flexibility index (Phi) is 10.3. The van der Waals surface area contributed by atoms with Crippen LogP contribution >= 0.6 is 24.0 Å². The van der Waals surface area contributed by atoms with Crippen LogP contribution in [0.4, 0.5) is 4.39 Å². The molecule has 142 valence electrons. The summed E-state index contributed by atoms with van der Waals surface area (Å²) in [6.07, 6.45) is 3.74. The summed E-state index contributed by atoms with van der Waals surface area (Å²) in [4.78, 5) is 6.84. The van der Waals surface area contributed by atoms with E-state index in [0.29, 0.717) is 18.0 Å². The number of nitrogens with zero attached hydrogens (tertiary/aromatic N) is 2. The average molecular weight is 462 g/mol. The number of hydrogen-bond acceptors (Lipinski definition) is 2. The van der Waals surface area contributed by atoms with Crippen molar-refractivity contribution in [1.82, 2.24) is 15.5 Å². The minimum absolute atomic E-state index is 0. The first-order chi connectivity index (χ1) is 11.6. The Morgan fingerprint density at radius 3 is 2.60 bits per heavy atom. The molecule has 1 heterocycles. The van der Waals surface area contributed by atoms with E-state index >= 15 is 0 Å². The lowest BCUT2D eigenvalue weighted by molar-refractivity contribution is 0.185. The predicted octanol–water partition coefficient (Wildman–Crippen LogP) is 3.54. The molecule has 0 unspecified atom stereocenters. The van der Waals surface area contributed by atoms with Crippen molar-refractivity contribution in [1.29, 1.82) is 0 Å². The van der Waals surface area contributed by atoms with Crippen LogP contribution in [-0.2, 0) is 6.54 Å². The highest BCUT2D eigenvalue weighted by Crippen LogP contribution is 2.16. The van der Waals surface area contributed by atoms with E-state index < -0.39 is 0 Å². The van der Waals surface area contributed by atoms with Crippen LogP contribution < -0.4 is 10.6 Å². The van der Waals surface area contributed by atoms with Crippen LogP contribution in [0.1, 0.15) is 37.3 Å². The molecule has 0 amide bonds. The normalized spacial score (nSPS) is 16.4. The van der Waals surface area contributed by atoms with E-state index in [-0.39, 0.29) is 29.8 Å². The Labute approximate surface area is 168 Å². The van der Waals surface area contributed by atoms with Crippen LogP contribution in [0.3, 0.4) is 0 Å². The summed E-state index contributed by atoms with van der Waals surface area (Å²) in [5.41, 5.74) is 1.74. The average Bonchev–Trinajstić information content (AvgIpc) is 2.59. The van der Waals surface area contributed by atoms with Gasteiger partial charge in [0, 0.05) is 20.1 Å². The third-order valence-electron chi connectivity index (χ3n) is 4.71. The molecule has 1 aliphatic rings. The molecule has 0 aliphatic carbocycles. The van der Waals surface area contributed by atoms with Gasteiger partial charge in [0.05, 0.1) is 0 Å². The van der Waals surface area contributed by atoms with E-state index in [9.17, 15) is 4.39 Å². The second-order valence-corrected chi connectivity index (χ2v) is 6.68. The van der Waals surface area contributed by atoms with Crippen molar-refractivity contribution in [3.05, 3.63) is 35.1 Å². The number of aliphatic imine (C=N–C) groups is 1. The number of hydrogen-bond donors (Lipinski definition) is 2. The summed E-state index contributed by atoms with van der Waals surface area (Å²) in [6, 6.07) is 5.21. The van der Waals surface area contributed by atoms with Crippen molar-refractivity contribution in [2.45, 2.75) is 39.7 Å². The Balaban J connectivity index is 0.00000312. The van der Waals surface area contributed by atoms with Crippen molar-refractivity contribution in [3.63, 3.8) is 0 Å². The quantitative estimate of drug-likeness (QED) is 0.386. The van der Waals surface area contributed by atoms with E-state index in [0.717, 1.165) is 18.1 Å². The summed E-state index contributed by atoms with van der Waals surface area (Å²) < 4.78 is 13.3. The Hall–Kier alpha value is -0.890. The van der Waals surface area contributed by atoms with Crippen molar-refractivity contribution in [2.75, 3.05) is 33.2 Å². The lowest BCUT2D eigenvalue weighted by Crippen LogP contribution is -2.42. The van der Waals surface area contributed by atoms with Gasteiger partial charge in [0.15, 0.2) is 5.96 Å². The largest absolute Gasteiger partial charge is 0.356 e. The summed E-state index contributed by atoms with van der Waals surface area (Å²) >= 11 is 0. The van der Waals surface area contributed by atoms with Crippen LogP contribution in [0.2, 0.25) is 0 Å². The molecule has 0 saturated carbocycles. The molecule has 1 saturated heterocycles. The number of benzene rings is 1. The maximum atomic E-state index is 13.3. The number of guanidine groups is 1. The van der Waals surface area contributed by atoms with Gasteiger partial charge in [-0.05, 0) is 68.9 Å². The molecule has 0 bridgehead atoms. The van der Waals surface area contributed by atoms with Gasteiger partial charge >= 0.3 is 0 Å². The van der Waals surface area contributed by atoms with Crippen molar-refractivity contribution < 1.29 is 4.39 Å². The van der Waals surface area contributed by atoms with Crippen molar-refractivity contribution >= 4 is 29.9 Å². The SMILES string of the molecule is CCCN1CCC(CNC(=NC)NCc2ccc(F)c(C)c2)CC1.I. The lowest BCUT2D eigenvalue weighted by Gasteiger charge is -2.32. The molecule has 0 aromatic heterocycles. The summed E-state index contributed by atoms with van der Waals surface area (Å²) in [7, 11) is 1.79. The summed E-state index contributed by atoms with van der Waals surface area (Å²) in [5, 5.41) is 6.74. The van der Waals surface area contributed by atoms with E-state index in [4.69, 9.17) is 0 Å². The molecular weight excluding hydrogens is 430 g/mol. The third kappa shape index (κ3) is 7.48. The maximum Gasteiger partial charge on any atom is 0.191 e. The standard InChI is InChI=1S/C19H31FN4.HI/c1-4-9-24-10-7-16(8-11-24)13-22-19(21-3)23-14-17-5-6-18(20)15(2)12-17;/h5-6,12,16H,4,7-11,13-14H2,1-3H3,(H2,21,22,23);1H. The molecule has 0 atom stereocenters. The second-order valence-electron chi connectivity index (χ2n) is 6.68. The molecule has 0 spiro atoms. The highest BCUT2D eigenvalue weighted by molar-refractivity contribution is 14.0. The number of nitrogens with one attached hydrogen (secondary N) is 2. The van der Waals surface area contributed by atoms with Gasteiger partial charge in [-0.25, -0.2) is 4.39 Å². The van der Waals surface area contributed by atoms with Gasteiger partial charge in [-0.3, -0.25) is 4.99 Å². The smallest absolute Gasteiger partial charge is 0.191 e. The summed E-state index contributed by atoms with van der Waals surface area (Å²) in [6.45, 7) is 9.28. The zero-order chi connectivity index (χ0) is 17.4. The van der Waals surface area contributed by atoms with Crippen LogP contribution in [0, 0.1) is 18.7 Å². The fourth-order valence-corrected chi connectivity index (χ4v) is 3.19. The lowest BCUT2D eigenvalue weighted by atomic mass is 9.97. The molecular formula is C19H32FIN4. The number of piperidine rings is 1. The minimum Gasteiger partial charge on any atom is -0.356 e. The number of likely N-dealkylation sites (tertiary alicyclic amines) is 1. The number of rotatable bonds is 6. The molecule has 0 radical (unpaired) electrons. The fraction of sp³-hybridized carbons (Fsp3) is 0.632. The summed E-state index contributed by atoms with van der Waals surface area (Å²) in [5.74, 6) is 1.37. The van der Waals surface area contributed by atoms with Gasteiger partial charge in [0.2, 0.25) is 0 Å². The molecule has 2 N–H and O–H groups in total. The van der Waals surface area contributed by atoms with E-state index in [2.05, 4.69) is 27.4 Å². The van der Waals surface area contributed by atoms with Gasteiger partial charge in [-0.15, -0.1) is 24.0 Å². The van der Waals surface area contributed by atoms with Gasteiger partial charge in [0.25, 0.3) is 0 Å². The molecule has 25 heavy (non-hydrogen) atoms. The molecule has 4 nitrogen and oxygen atoms in total. The molecule has 1 aromatic carbocycles. The zero-order valence-corrected chi connectivity index (χ0v) is 18.0. The molecule has 1 aliphatic heterocycles. The second kappa shape index (κ2) is 11.7. The van der Waals surface area contributed by atoms with E-state index in [1.54, 1.807) is 14.0 Å². The first-order valence-electron chi connectivity index (χ1n) is 9.04. The van der Waals surface area contributed by atoms with Gasteiger partial charge < -0.3 is 15.5 Å². The van der Waals surface area contributed by atoms with Gasteiger partial charge in [-0.1, -0.05) is 19.1 Å². The van der Waals surface area contributed by atoms with Crippen LogP contribution in [-0.4, -0.2) is 44.1 Å². The Morgan fingerprint density at radius 2 is 2.00 bits per heavy atom. The molecule has 1 fully saturated rings. The topological polar surface area (TPSA) is 39.7 Å². The van der Waals surface area contributed by atoms with E-state index in [1.807, 2.05) is 12.1 Å².